The van der Waals surface area contributed by atoms with Crippen LogP contribution in [0.5, 0.6) is 0 Å². The minimum Gasteiger partial charge on any atom is -0.390 e. The zero-order valence-electron chi connectivity index (χ0n) is 15.0. The van der Waals surface area contributed by atoms with Gasteiger partial charge >= 0.3 is 0 Å². The average molecular weight is 322 g/mol. The van der Waals surface area contributed by atoms with Gasteiger partial charge in [-0.1, -0.05) is 20.8 Å². The van der Waals surface area contributed by atoms with Gasteiger partial charge in [-0.15, -0.1) is 0 Å². The lowest BCUT2D eigenvalue weighted by Gasteiger charge is -2.63. The second-order valence-electron chi connectivity index (χ2n) is 9.94. The molecule has 4 saturated carbocycles. The van der Waals surface area contributed by atoms with Crippen molar-refractivity contribution in [1.29, 1.82) is 0 Å². The lowest BCUT2D eigenvalue weighted by atomic mass is 9.43. The Bertz CT molecular complexity index is 482. The maximum Gasteiger partial charge on any atom is 0.0836 e. The highest BCUT2D eigenvalue weighted by Gasteiger charge is 2.64. The minimum absolute atomic E-state index is 0.173. The minimum atomic E-state index is -0.578. The van der Waals surface area contributed by atoms with E-state index in [2.05, 4.69) is 20.8 Å². The third kappa shape index (κ3) is 2.05. The summed E-state index contributed by atoms with van der Waals surface area (Å²) in [5.41, 5.74) is 6.75. The summed E-state index contributed by atoms with van der Waals surface area (Å²) in [5, 5.41) is 22.0. The van der Waals surface area contributed by atoms with Gasteiger partial charge in [-0.3, -0.25) is 0 Å². The van der Waals surface area contributed by atoms with Crippen LogP contribution in [0.15, 0.2) is 0 Å². The highest BCUT2D eigenvalue weighted by Crippen LogP contribution is 2.67. The van der Waals surface area contributed by atoms with Crippen LogP contribution in [-0.4, -0.2) is 28.5 Å². The zero-order valence-corrected chi connectivity index (χ0v) is 15.0. The molecule has 4 N–H and O–H groups in total. The van der Waals surface area contributed by atoms with Crippen LogP contribution >= 0.6 is 0 Å². The first-order chi connectivity index (χ1) is 10.8. The van der Waals surface area contributed by atoms with E-state index in [0.29, 0.717) is 23.2 Å². The van der Waals surface area contributed by atoms with Crippen LogP contribution in [0.3, 0.4) is 0 Å². The largest absolute Gasteiger partial charge is 0.390 e. The number of fused-ring (bicyclic) bond motifs is 5. The molecule has 0 heterocycles. The zero-order chi connectivity index (χ0) is 16.6. The van der Waals surface area contributed by atoms with Crippen molar-refractivity contribution in [2.75, 3.05) is 0 Å². The molecule has 0 aromatic heterocycles. The molecule has 3 heteroatoms. The normalized spacial score (nSPS) is 62.3. The molecule has 0 aromatic rings. The fraction of sp³-hybridized carbons (Fsp3) is 1.00. The molecule has 0 radical (unpaired) electrons. The van der Waals surface area contributed by atoms with Crippen molar-refractivity contribution < 1.29 is 10.2 Å². The number of hydrogen-bond acceptors (Lipinski definition) is 3. The van der Waals surface area contributed by atoms with Gasteiger partial charge in [0.05, 0.1) is 12.2 Å². The van der Waals surface area contributed by atoms with E-state index >= 15 is 0 Å². The van der Waals surface area contributed by atoms with E-state index in [-0.39, 0.29) is 17.4 Å². The second kappa shape index (κ2) is 5.19. The standard InChI is InChI=1S/C20H35NO2/c1-11-4-5-13-16-14(7-9-19(11,13)2)20(3)8-6-12(21)10-15(20)17(22)18(16)23/h11-18,22-23H,4-10,21H2,1-3H3/t11-,12-,13?,14?,15?,16?,17+,18+,19+,20+/m0/s1. The number of nitrogens with two attached hydrogens (primary N) is 1. The SMILES string of the molecule is C[C@H]1CCC2C3C(CC[C@@]21C)[C@@]1(C)CC[C@H](N)CC1[C@@H](O)[C@@H]3O. The number of hydrogen-bond donors (Lipinski definition) is 3. The Hall–Kier alpha value is -0.120. The first kappa shape index (κ1) is 16.4. The molecular formula is C20H35NO2. The summed E-state index contributed by atoms with van der Waals surface area (Å²) in [6.07, 6.45) is 7.03. The molecule has 132 valence electrons. The molecule has 0 saturated heterocycles. The van der Waals surface area contributed by atoms with E-state index in [4.69, 9.17) is 5.73 Å². The summed E-state index contributed by atoms with van der Waals surface area (Å²) in [6, 6.07) is 0.201. The maximum absolute atomic E-state index is 11.1. The summed E-state index contributed by atoms with van der Waals surface area (Å²) < 4.78 is 0. The van der Waals surface area contributed by atoms with Crippen LogP contribution in [0.25, 0.3) is 0 Å². The van der Waals surface area contributed by atoms with Gasteiger partial charge in [-0.2, -0.15) is 0 Å². The molecular weight excluding hydrogens is 286 g/mol. The molecule has 0 amide bonds. The third-order valence-electron chi connectivity index (χ3n) is 9.27. The van der Waals surface area contributed by atoms with Crippen LogP contribution in [0.2, 0.25) is 0 Å². The summed E-state index contributed by atoms with van der Waals surface area (Å²) in [6.45, 7) is 7.25. The summed E-state index contributed by atoms with van der Waals surface area (Å²) in [4.78, 5) is 0. The molecule has 0 aromatic carbocycles. The number of aliphatic hydroxyl groups excluding tert-OH is 2. The highest BCUT2D eigenvalue weighted by atomic mass is 16.3. The van der Waals surface area contributed by atoms with Gasteiger partial charge in [0.2, 0.25) is 0 Å². The van der Waals surface area contributed by atoms with Gasteiger partial charge in [0.15, 0.2) is 0 Å². The molecule has 0 aliphatic heterocycles. The van der Waals surface area contributed by atoms with E-state index < -0.39 is 12.2 Å². The Morgan fingerprint density at radius 1 is 0.826 bits per heavy atom. The third-order valence-corrected chi connectivity index (χ3v) is 9.27. The molecule has 4 aliphatic carbocycles. The van der Waals surface area contributed by atoms with Crippen molar-refractivity contribution in [3.05, 3.63) is 0 Å². The first-order valence-corrected chi connectivity index (χ1v) is 9.91. The van der Waals surface area contributed by atoms with Gasteiger partial charge in [0.25, 0.3) is 0 Å². The monoisotopic (exact) mass is 321 g/mol. The van der Waals surface area contributed by atoms with Crippen molar-refractivity contribution in [3.8, 4) is 0 Å². The average Bonchev–Trinajstić information content (AvgIpc) is 2.82. The maximum atomic E-state index is 11.1. The fourth-order valence-electron chi connectivity index (χ4n) is 7.55. The van der Waals surface area contributed by atoms with Crippen LogP contribution in [0.1, 0.15) is 65.7 Å². The van der Waals surface area contributed by atoms with Crippen LogP contribution in [-0.2, 0) is 0 Å². The molecule has 4 fully saturated rings. The molecule has 23 heavy (non-hydrogen) atoms. The van der Waals surface area contributed by atoms with Crippen LogP contribution < -0.4 is 5.73 Å². The predicted molar refractivity (Wildman–Crippen MR) is 91.6 cm³/mol. The van der Waals surface area contributed by atoms with Gasteiger partial charge < -0.3 is 15.9 Å². The molecule has 3 nitrogen and oxygen atoms in total. The Kier molecular flexibility index (Phi) is 3.69. The Morgan fingerprint density at radius 2 is 1.48 bits per heavy atom. The summed E-state index contributed by atoms with van der Waals surface area (Å²) in [7, 11) is 0. The van der Waals surface area contributed by atoms with E-state index in [9.17, 15) is 10.2 Å². The van der Waals surface area contributed by atoms with Crippen molar-refractivity contribution in [1.82, 2.24) is 0 Å². The number of rotatable bonds is 0. The van der Waals surface area contributed by atoms with Crippen LogP contribution in [0.4, 0.5) is 0 Å². The van der Waals surface area contributed by atoms with Crippen molar-refractivity contribution in [2.24, 2.45) is 46.2 Å². The topological polar surface area (TPSA) is 66.5 Å². The summed E-state index contributed by atoms with van der Waals surface area (Å²) >= 11 is 0. The highest BCUT2D eigenvalue weighted by molar-refractivity contribution is 5.13. The van der Waals surface area contributed by atoms with Crippen molar-refractivity contribution >= 4 is 0 Å². The van der Waals surface area contributed by atoms with E-state index in [0.717, 1.165) is 25.2 Å². The van der Waals surface area contributed by atoms with Gasteiger partial charge in [-0.25, -0.2) is 0 Å². The van der Waals surface area contributed by atoms with Gasteiger partial charge in [-0.05, 0) is 85.4 Å². The van der Waals surface area contributed by atoms with Crippen LogP contribution in [0, 0.1) is 40.4 Å². The lowest BCUT2D eigenvalue weighted by Crippen LogP contribution is -2.64. The molecule has 4 aliphatic rings. The summed E-state index contributed by atoms with van der Waals surface area (Å²) in [5.74, 6) is 2.40. The fourth-order valence-corrected chi connectivity index (χ4v) is 7.55. The molecule has 0 spiro atoms. The van der Waals surface area contributed by atoms with Gasteiger partial charge in [0.1, 0.15) is 0 Å². The molecule has 4 unspecified atom stereocenters. The second-order valence-corrected chi connectivity index (χ2v) is 9.94. The Labute approximate surface area is 141 Å². The van der Waals surface area contributed by atoms with E-state index in [1.807, 2.05) is 0 Å². The first-order valence-electron chi connectivity index (χ1n) is 9.91. The number of aliphatic hydroxyl groups is 2. The van der Waals surface area contributed by atoms with Crippen molar-refractivity contribution in [2.45, 2.75) is 84.0 Å². The van der Waals surface area contributed by atoms with E-state index in [1.54, 1.807) is 0 Å². The predicted octanol–water partition coefficient (Wildman–Crippen LogP) is 2.93. The van der Waals surface area contributed by atoms with Gasteiger partial charge in [0, 0.05) is 6.04 Å². The molecule has 0 bridgehead atoms. The molecule has 10 atom stereocenters. The van der Waals surface area contributed by atoms with E-state index in [1.165, 1.54) is 25.7 Å². The smallest absolute Gasteiger partial charge is 0.0836 e. The lowest BCUT2D eigenvalue weighted by molar-refractivity contribution is -0.215. The Morgan fingerprint density at radius 3 is 2.22 bits per heavy atom. The van der Waals surface area contributed by atoms with Crippen molar-refractivity contribution in [3.63, 3.8) is 0 Å². The molecule has 4 rings (SSSR count). The Balaban J connectivity index is 1.72. The quantitative estimate of drug-likeness (QED) is 0.642.